The molecule has 0 aromatic heterocycles. The minimum atomic E-state index is 0.545. The maximum Gasteiger partial charge on any atom is 0.0429 e. The van der Waals surface area contributed by atoms with Crippen molar-refractivity contribution < 1.29 is 0 Å². The topological polar surface area (TPSA) is 32.5 Å². The minimum Gasteiger partial charge on any atom is -0.366 e. The SMILES string of the molecule is CC(C)c1ccccc1N1CCN(C)CC1CCN. The summed E-state index contributed by atoms with van der Waals surface area (Å²) in [7, 11) is 2.20. The number of nitrogens with zero attached hydrogens (tertiary/aromatic N) is 2. The third-order valence-electron chi connectivity index (χ3n) is 4.05. The highest BCUT2D eigenvalue weighted by Gasteiger charge is 2.26. The number of hydrogen-bond donors (Lipinski definition) is 1. The van der Waals surface area contributed by atoms with Crippen LogP contribution < -0.4 is 10.6 Å². The Labute approximate surface area is 117 Å². The second kappa shape index (κ2) is 6.40. The lowest BCUT2D eigenvalue weighted by atomic mass is 9.98. The Bertz CT molecular complexity index is 403. The van der Waals surface area contributed by atoms with Crippen molar-refractivity contribution in [3.8, 4) is 0 Å². The summed E-state index contributed by atoms with van der Waals surface area (Å²) in [4.78, 5) is 4.98. The molecule has 1 saturated heterocycles. The number of nitrogens with two attached hydrogens (primary N) is 1. The minimum absolute atomic E-state index is 0.545. The van der Waals surface area contributed by atoms with Crippen LogP contribution in [0.25, 0.3) is 0 Å². The van der Waals surface area contributed by atoms with Crippen LogP contribution in [0.15, 0.2) is 24.3 Å². The van der Waals surface area contributed by atoms with Crippen molar-refractivity contribution in [2.45, 2.75) is 32.2 Å². The molecule has 1 aromatic rings. The molecule has 1 heterocycles. The van der Waals surface area contributed by atoms with Crippen LogP contribution in [0.2, 0.25) is 0 Å². The molecule has 0 spiro atoms. The van der Waals surface area contributed by atoms with Crippen molar-refractivity contribution in [2.24, 2.45) is 5.73 Å². The van der Waals surface area contributed by atoms with Gasteiger partial charge in [0, 0.05) is 31.4 Å². The number of para-hydroxylation sites is 1. The number of rotatable bonds is 4. The van der Waals surface area contributed by atoms with Crippen molar-refractivity contribution in [1.29, 1.82) is 0 Å². The third kappa shape index (κ3) is 3.28. The maximum atomic E-state index is 5.80. The number of benzene rings is 1. The van der Waals surface area contributed by atoms with Gasteiger partial charge in [0.25, 0.3) is 0 Å². The summed E-state index contributed by atoms with van der Waals surface area (Å²) in [6.07, 6.45) is 1.07. The first kappa shape index (κ1) is 14.4. The molecular weight excluding hydrogens is 234 g/mol. The molecule has 0 radical (unpaired) electrons. The fraction of sp³-hybridized carbons (Fsp3) is 0.625. The zero-order chi connectivity index (χ0) is 13.8. The van der Waals surface area contributed by atoms with Gasteiger partial charge in [-0.1, -0.05) is 32.0 Å². The van der Waals surface area contributed by atoms with E-state index in [4.69, 9.17) is 5.73 Å². The molecule has 19 heavy (non-hydrogen) atoms. The molecule has 1 aromatic carbocycles. The Hall–Kier alpha value is -1.06. The molecule has 1 unspecified atom stereocenters. The number of piperazine rings is 1. The van der Waals surface area contributed by atoms with Gasteiger partial charge in [-0.15, -0.1) is 0 Å². The molecule has 0 amide bonds. The predicted molar refractivity (Wildman–Crippen MR) is 82.8 cm³/mol. The Morgan fingerprint density at radius 2 is 2.00 bits per heavy atom. The fourth-order valence-corrected chi connectivity index (χ4v) is 3.00. The van der Waals surface area contributed by atoms with Gasteiger partial charge in [-0.05, 0) is 37.6 Å². The Morgan fingerprint density at radius 1 is 1.26 bits per heavy atom. The molecule has 3 heteroatoms. The van der Waals surface area contributed by atoms with E-state index in [9.17, 15) is 0 Å². The monoisotopic (exact) mass is 261 g/mol. The summed E-state index contributed by atoms with van der Waals surface area (Å²) in [5, 5.41) is 0. The average Bonchev–Trinajstić information content (AvgIpc) is 2.39. The fourth-order valence-electron chi connectivity index (χ4n) is 3.00. The average molecular weight is 261 g/mol. The van der Waals surface area contributed by atoms with Crippen molar-refractivity contribution in [3.05, 3.63) is 29.8 Å². The quantitative estimate of drug-likeness (QED) is 0.902. The number of anilines is 1. The van der Waals surface area contributed by atoms with Gasteiger partial charge in [-0.25, -0.2) is 0 Å². The highest BCUT2D eigenvalue weighted by Crippen LogP contribution is 2.30. The van der Waals surface area contributed by atoms with Gasteiger partial charge in [-0.2, -0.15) is 0 Å². The highest BCUT2D eigenvalue weighted by atomic mass is 15.3. The zero-order valence-corrected chi connectivity index (χ0v) is 12.5. The van der Waals surface area contributed by atoms with Crippen LogP contribution in [0.4, 0.5) is 5.69 Å². The van der Waals surface area contributed by atoms with Crippen LogP contribution in [0.3, 0.4) is 0 Å². The molecule has 1 atom stereocenters. The van der Waals surface area contributed by atoms with E-state index in [2.05, 4.69) is 55.0 Å². The molecule has 1 fully saturated rings. The summed E-state index contributed by atoms with van der Waals surface area (Å²) >= 11 is 0. The van der Waals surface area contributed by atoms with E-state index in [0.29, 0.717) is 12.0 Å². The highest BCUT2D eigenvalue weighted by molar-refractivity contribution is 5.56. The normalized spacial score (nSPS) is 21.1. The van der Waals surface area contributed by atoms with Gasteiger partial charge in [-0.3, -0.25) is 0 Å². The summed E-state index contributed by atoms with van der Waals surface area (Å²) in [5.74, 6) is 0.564. The summed E-state index contributed by atoms with van der Waals surface area (Å²) in [6.45, 7) is 8.65. The number of likely N-dealkylation sites (N-methyl/N-ethyl adjacent to an activating group) is 1. The Balaban J connectivity index is 2.28. The largest absolute Gasteiger partial charge is 0.366 e. The third-order valence-corrected chi connectivity index (χ3v) is 4.05. The first-order valence-corrected chi connectivity index (χ1v) is 7.37. The maximum absolute atomic E-state index is 5.80. The second-order valence-corrected chi connectivity index (χ2v) is 5.90. The van der Waals surface area contributed by atoms with E-state index in [1.54, 1.807) is 0 Å². The van der Waals surface area contributed by atoms with Crippen molar-refractivity contribution in [1.82, 2.24) is 4.90 Å². The van der Waals surface area contributed by atoms with Crippen molar-refractivity contribution in [3.63, 3.8) is 0 Å². The van der Waals surface area contributed by atoms with E-state index >= 15 is 0 Å². The van der Waals surface area contributed by atoms with Gasteiger partial charge in [0.2, 0.25) is 0 Å². The van der Waals surface area contributed by atoms with Gasteiger partial charge in [0.1, 0.15) is 0 Å². The van der Waals surface area contributed by atoms with E-state index in [0.717, 1.165) is 32.6 Å². The van der Waals surface area contributed by atoms with E-state index in [1.807, 2.05) is 0 Å². The molecule has 2 N–H and O–H groups in total. The molecule has 1 aliphatic rings. The first-order chi connectivity index (χ1) is 9.13. The van der Waals surface area contributed by atoms with E-state index < -0.39 is 0 Å². The smallest absolute Gasteiger partial charge is 0.0429 e. The first-order valence-electron chi connectivity index (χ1n) is 7.37. The molecule has 1 aliphatic heterocycles. The molecule has 0 bridgehead atoms. The predicted octanol–water partition coefficient (Wildman–Crippen LogP) is 2.28. The lowest BCUT2D eigenvalue weighted by Gasteiger charge is -2.42. The summed E-state index contributed by atoms with van der Waals surface area (Å²) in [5.41, 5.74) is 8.66. The standard InChI is InChI=1S/C16H27N3/c1-13(2)15-6-4-5-7-16(15)19-11-10-18(3)12-14(19)8-9-17/h4-7,13-14H,8-12,17H2,1-3H3. The second-order valence-electron chi connectivity index (χ2n) is 5.90. The van der Waals surface area contributed by atoms with E-state index in [1.165, 1.54) is 11.3 Å². The van der Waals surface area contributed by atoms with Gasteiger partial charge >= 0.3 is 0 Å². The van der Waals surface area contributed by atoms with Crippen molar-refractivity contribution >= 4 is 5.69 Å². The van der Waals surface area contributed by atoms with Crippen molar-refractivity contribution in [2.75, 3.05) is 38.1 Å². The Kier molecular flexibility index (Phi) is 4.83. The van der Waals surface area contributed by atoms with Crippen LogP contribution in [-0.4, -0.2) is 44.2 Å². The van der Waals surface area contributed by atoms with Gasteiger partial charge < -0.3 is 15.5 Å². The molecule has 106 valence electrons. The molecular formula is C16H27N3. The Morgan fingerprint density at radius 3 is 2.68 bits per heavy atom. The van der Waals surface area contributed by atoms with Crippen LogP contribution in [0.1, 0.15) is 31.7 Å². The lowest BCUT2D eigenvalue weighted by Crippen LogP contribution is -2.52. The molecule has 0 saturated carbocycles. The van der Waals surface area contributed by atoms with E-state index in [-0.39, 0.29) is 0 Å². The van der Waals surface area contributed by atoms with Crippen LogP contribution in [0, 0.1) is 0 Å². The van der Waals surface area contributed by atoms with Crippen LogP contribution in [-0.2, 0) is 0 Å². The molecule has 3 nitrogen and oxygen atoms in total. The van der Waals surface area contributed by atoms with Gasteiger partial charge in [0.05, 0.1) is 0 Å². The lowest BCUT2D eigenvalue weighted by molar-refractivity contribution is 0.261. The van der Waals surface area contributed by atoms with Gasteiger partial charge in [0.15, 0.2) is 0 Å². The summed E-state index contributed by atoms with van der Waals surface area (Å²) < 4.78 is 0. The van der Waals surface area contributed by atoms with Crippen LogP contribution >= 0.6 is 0 Å². The summed E-state index contributed by atoms with van der Waals surface area (Å²) in [6, 6.07) is 9.37. The molecule has 0 aliphatic carbocycles. The van der Waals surface area contributed by atoms with Crippen LogP contribution in [0.5, 0.6) is 0 Å². The molecule has 2 rings (SSSR count). The zero-order valence-electron chi connectivity index (χ0n) is 12.5. The number of hydrogen-bond acceptors (Lipinski definition) is 3.